The Labute approximate surface area is 117 Å². The Morgan fingerprint density at radius 3 is 1.84 bits per heavy atom. The van der Waals surface area contributed by atoms with Crippen LogP contribution in [0, 0.1) is 0 Å². The molecule has 0 aliphatic rings. The molecule has 112 valence electrons. The maximum atomic E-state index is 5.55. The average molecular weight is 289 g/mol. The van der Waals surface area contributed by atoms with Gasteiger partial charge in [-0.15, -0.1) is 10.3 Å². The summed E-state index contributed by atoms with van der Waals surface area (Å²) in [7, 11) is -1.34. The van der Waals surface area contributed by atoms with E-state index in [2.05, 4.69) is 10.3 Å². The largest absolute Gasteiger partial charge is 0.673 e. The Morgan fingerprint density at radius 2 is 1.53 bits per heavy atom. The number of rotatable bonds is 10. The number of oxime groups is 2. The van der Waals surface area contributed by atoms with E-state index in [1.165, 1.54) is 0 Å². The van der Waals surface area contributed by atoms with Crippen LogP contribution in [0.5, 0.6) is 0 Å². The summed E-state index contributed by atoms with van der Waals surface area (Å²) in [6, 6.07) is 0.598. The summed E-state index contributed by atoms with van der Waals surface area (Å²) in [4.78, 5) is 0. The third-order valence-corrected chi connectivity index (χ3v) is 5.03. The fraction of sp³-hybridized carbons (Fsp3) is 0.833. The van der Waals surface area contributed by atoms with Crippen LogP contribution in [0.4, 0.5) is 0 Å². The number of nitrogens with zero attached hydrogens (tertiary/aromatic N) is 2. The van der Waals surface area contributed by atoms with E-state index in [9.17, 15) is 0 Å². The first-order chi connectivity index (χ1) is 9.03. The summed E-state index contributed by atoms with van der Waals surface area (Å²) < 4.78 is 16.6. The maximum Gasteiger partial charge on any atom is 0.673 e. The van der Waals surface area contributed by atoms with Gasteiger partial charge in [-0.3, -0.25) is 0 Å². The first-order valence-electron chi connectivity index (χ1n) is 6.72. The molecule has 0 spiro atoms. The van der Waals surface area contributed by atoms with E-state index in [4.69, 9.17) is 19.2 Å². The van der Waals surface area contributed by atoms with Crippen molar-refractivity contribution >= 4 is 20.2 Å². The van der Waals surface area contributed by atoms with E-state index in [-0.39, 0.29) is 0 Å². The fourth-order valence-corrected chi connectivity index (χ4v) is 2.82. The van der Waals surface area contributed by atoms with Gasteiger partial charge < -0.3 is 19.2 Å². The fourth-order valence-electron chi connectivity index (χ4n) is 1.03. The highest BCUT2D eigenvalue weighted by Crippen LogP contribution is 2.18. The zero-order valence-corrected chi connectivity index (χ0v) is 13.7. The van der Waals surface area contributed by atoms with Gasteiger partial charge >= 0.3 is 8.80 Å². The summed E-state index contributed by atoms with van der Waals surface area (Å²) >= 11 is 0. The Kier molecular flexibility index (Phi) is 9.45. The van der Waals surface area contributed by atoms with Crippen LogP contribution in [0.25, 0.3) is 0 Å². The van der Waals surface area contributed by atoms with Crippen LogP contribution in [0.3, 0.4) is 0 Å². The van der Waals surface area contributed by atoms with Crippen molar-refractivity contribution in [3.63, 3.8) is 0 Å². The van der Waals surface area contributed by atoms with Crippen LogP contribution in [0.15, 0.2) is 10.3 Å². The first-order valence-corrected chi connectivity index (χ1v) is 8.65. The summed E-state index contributed by atoms with van der Waals surface area (Å²) in [6.07, 6.45) is 2.39. The molecule has 6 nitrogen and oxygen atoms in total. The predicted octanol–water partition coefficient (Wildman–Crippen LogP) is 2.53. The highest BCUT2D eigenvalue weighted by molar-refractivity contribution is 6.60. The Bertz CT molecular complexity index is 287. The monoisotopic (exact) mass is 289 g/mol. The molecular weight excluding hydrogens is 262 g/mol. The number of nitrogens with two attached hydrogens (primary N) is 1. The lowest BCUT2D eigenvalue weighted by molar-refractivity contribution is 0.0821. The van der Waals surface area contributed by atoms with Gasteiger partial charge in [-0.1, -0.05) is 13.8 Å². The highest BCUT2D eigenvalue weighted by atomic mass is 28.4. The van der Waals surface area contributed by atoms with Crippen molar-refractivity contribution in [3.05, 3.63) is 0 Å². The molecule has 0 atom stereocenters. The molecule has 0 heterocycles. The SMILES string of the molecule is CCC(C)=NO[Si](CCCN)(OC)ON=C(C)CC. The molecule has 2 N–H and O–H groups in total. The van der Waals surface area contributed by atoms with Gasteiger partial charge in [0.25, 0.3) is 0 Å². The number of hydrogen-bond acceptors (Lipinski definition) is 6. The molecule has 0 aliphatic carbocycles. The van der Waals surface area contributed by atoms with Gasteiger partial charge in [0.05, 0.1) is 11.4 Å². The minimum atomic E-state index is -2.90. The third-order valence-electron chi connectivity index (χ3n) is 2.70. The third kappa shape index (κ3) is 7.29. The Balaban J connectivity index is 4.86. The predicted molar refractivity (Wildman–Crippen MR) is 80.2 cm³/mol. The molecule has 0 saturated carbocycles. The summed E-state index contributed by atoms with van der Waals surface area (Å²) in [6.45, 7) is 8.38. The zero-order valence-electron chi connectivity index (χ0n) is 12.7. The zero-order chi connectivity index (χ0) is 14.7. The molecule has 0 radical (unpaired) electrons. The van der Waals surface area contributed by atoms with Crippen LogP contribution in [-0.2, 0) is 13.5 Å². The van der Waals surface area contributed by atoms with Crippen LogP contribution >= 0.6 is 0 Å². The summed E-state index contributed by atoms with van der Waals surface area (Å²) in [5.74, 6) is 0. The second-order valence-electron chi connectivity index (χ2n) is 4.32. The maximum absolute atomic E-state index is 5.55. The molecule has 0 aromatic rings. The molecular formula is C12H27N3O3Si. The molecule has 0 unspecified atom stereocenters. The Morgan fingerprint density at radius 1 is 1.05 bits per heavy atom. The minimum Gasteiger partial charge on any atom is -0.383 e. The lowest BCUT2D eigenvalue weighted by Gasteiger charge is -2.22. The number of hydrogen-bond donors (Lipinski definition) is 1. The second-order valence-corrected chi connectivity index (χ2v) is 6.96. The molecule has 0 bridgehead atoms. The summed E-state index contributed by atoms with van der Waals surface area (Å²) in [5, 5.41) is 8.12. The molecule has 7 heteroatoms. The lowest BCUT2D eigenvalue weighted by Crippen LogP contribution is -2.42. The molecule has 0 aromatic carbocycles. The topological polar surface area (TPSA) is 78.4 Å². The van der Waals surface area contributed by atoms with Gasteiger partial charge in [-0.2, -0.15) is 0 Å². The van der Waals surface area contributed by atoms with E-state index >= 15 is 0 Å². The molecule has 0 amide bonds. The van der Waals surface area contributed by atoms with Gasteiger partial charge in [0.15, 0.2) is 0 Å². The van der Waals surface area contributed by atoms with E-state index in [0.717, 1.165) is 30.7 Å². The van der Waals surface area contributed by atoms with Crippen molar-refractivity contribution < 1.29 is 13.5 Å². The first kappa shape index (κ1) is 18.1. The Hall–Kier alpha value is -0.923. The molecule has 0 saturated heterocycles. The smallest absolute Gasteiger partial charge is 0.383 e. The molecule has 19 heavy (non-hydrogen) atoms. The molecule has 0 fully saturated rings. The van der Waals surface area contributed by atoms with Crippen LogP contribution in [0.1, 0.15) is 47.0 Å². The van der Waals surface area contributed by atoms with Crippen molar-refractivity contribution in [2.45, 2.75) is 53.0 Å². The normalized spacial score (nSPS) is 16.1. The molecule has 0 aliphatic heterocycles. The molecule has 0 rings (SSSR count). The van der Waals surface area contributed by atoms with Gasteiger partial charge in [-0.05, 0) is 39.7 Å². The molecule has 0 aromatic heterocycles. The van der Waals surface area contributed by atoms with Gasteiger partial charge in [0.1, 0.15) is 0 Å². The lowest BCUT2D eigenvalue weighted by atomic mass is 10.3. The van der Waals surface area contributed by atoms with Crippen LogP contribution < -0.4 is 5.73 Å². The quantitative estimate of drug-likeness (QED) is 0.381. The average Bonchev–Trinajstić information content (AvgIpc) is 2.46. The van der Waals surface area contributed by atoms with Crippen molar-refractivity contribution in [2.75, 3.05) is 13.7 Å². The van der Waals surface area contributed by atoms with Gasteiger partial charge in [-0.25, -0.2) is 0 Å². The van der Waals surface area contributed by atoms with Crippen LogP contribution in [-0.4, -0.2) is 33.9 Å². The van der Waals surface area contributed by atoms with E-state index < -0.39 is 8.80 Å². The highest BCUT2D eigenvalue weighted by Gasteiger charge is 2.46. The second kappa shape index (κ2) is 9.94. The van der Waals surface area contributed by atoms with Gasteiger partial charge in [0.2, 0.25) is 0 Å². The van der Waals surface area contributed by atoms with Crippen molar-refractivity contribution in [1.29, 1.82) is 0 Å². The van der Waals surface area contributed by atoms with E-state index in [0.29, 0.717) is 12.6 Å². The van der Waals surface area contributed by atoms with Crippen molar-refractivity contribution in [3.8, 4) is 0 Å². The van der Waals surface area contributed by atoms with Crippen LogP contribution in [0.2, 0.25) is 6.04 Å². The van der Waals surface area contributed by atoms with Gasteiger partial charge in [0, 0.05) is 13.2 Å². The van der Waals surface area contributed by atoms with E-state index in [1.807, 2.05) is 27.7 Å². The van der Waals surface area contributed by atoms with E-state index in [1.54, 1.807) is 7.11 Å². The minimum absolute atomic E-state index is 0.553. The van der Waals surface area contributed by atoms with Crippen molar-refractivity contribution in [2.24, 2.45) is 16.0 Å². The van der Waals surface area contributed by atoms with Crippen molar-refractivity contribution in [1.82, 2.24) is 0 Å². The standard InChI is InChI=1S/C12H27N3O3Si/c1-6-11(3)14-17-19(16-5,10-8-9-13)18-15-12(4)7-2/h6-10,13H2,1-5H3. The summed E-state index contributed by atoms with van der Waals surface area (Å²) in [5.41, 5.74) is 7.32.